The number of urea groups is 1. The number of benzene rings is 1. The molecule has 2 aromatic rings. The van der Waals surface area contributed by atoms with Crippen molar-refractivity contribution in [2.45, 2.75) is 33.7 Å². The van der Waals surface area contributed by atoms with Gasteiger partial charge >= 0.3 is 6.03 Å². The van der Waals surface area contributed by atoms with Crippen molar-refractivity contribution in [2.75, 3.05) is 11.9 Å². The molecule has 146 valence electrons. The number of carbonyl (C=O) groups is 3. The molecular formula is C21H24N4O3. The number of nitrogens with one attached hydrogen (secondary N) is 2. The molecule has 7 nitrogen and oxygen atoms in total. The Balaban J connectivity index is 1.71. The largest absolute Gasteiger partial charge is 0.349 e. The van der Waals surface area contributed by atoms with Crippen LogP contribution in [0.15, 0.2) is 42.2 Å². The minimum absolute atomic E-state index is 0.161. The van der Waals surface area contributed by atoms with Gasteiger partial charge in [0.1, 0.15) is 12.2 Å². The summed E-state index contributed by atoms with van der Waals surface area (Å²) in [6, 6.07) is 8.95. The Bertz CT molecular complexity index is 972. The molecule has 1 aromatic heterocycles. The van der Waals surface area contributed by atoms with Crippen molar-refractivity contribution in [2.24, 2.45) is 0 Å². The number of rotatable bonds is 5. The van der Waals surface area contributed by atoms with Crippen LogP contribution >= 0.6 is 0 Å². The molecule has 0 bridgehead atoms. The van der Waals surface area contributed by atoms with Crippen molar-refractivity contribution >= 4 is 29.6 Å². The molecule has 0 atom stereocenters. The molecule has 28 heavy (non-hydrogen) atoms. The van der Waals surface area contributed by atoms with Gasteiger partial charge in [-0.25, -0.2) is 9.69 Å². The molecule has 0 radical (unpaired) electrons. The Morgan fingerprint density at radius 1 is 1.21 bits per heavy atom. The van der Waals surface area contributed by atoms with Gasteiger partial charge in [0, 0.05) is 23.6 Å². The van der Waals surface area contributed by atoms with E-state index in [1.807, 2.05) is 44.3 Å². The summed E-state index contributed by atoms with van der Waals surface area (Å²) in [6.45, 7) is 7.70. The second kappa shape index (κ2) is 7.72. The van der Waals surface area contributed by atoms with E-state index in [4.69, 9.17) is 0 Å². The number of amides is 4. The van der Waals surface area contributed by atoms with Crippen LogP contribution in [0.3, 0.4) is 0 Å². The molecule has 1 saturated heterocycles. The zero-order valence-corrected chi connectivity index (χ0v) is 16.4. The van der Waals surface area contributed by atoms with Crippen molar-refractivity contribution in [3.8, 4) is 0 Å². The van der Waals surface area contributed by atoms with Gasteiger partial charge in [-0.1, -0.05) is 12.1 Å². The molecule has 0 aliphatic carbocycles. The fourth-order valence-corrected chi connectivity index (χ4v) is 3.20. The predicted molar refractivity (Wildman–Crippen MR) is 108 cm³/mol. The maximum atomic E-state index is 12.6. The Morgan fingerprint density at radius 2 is 1.96 bits per heavy atom. The molecule has 2 N–H and O–H groups in total. The van der Waals surface area contributed by atoms with Crippen LogP contribution in [0.5, 0.6) is 0 Å². The highest BCUT2D eigenvalue weighted by molar-refractivity contribution is 6.15. The van der Waals surface area contributed by atoms with Gasteiger partial charge in [0.05, 0.1) is 0 Å². The minimum atomic E-state index is -0.601. The summed E-state index contributed by atoms with van der Waals surface area (Å²) in [5.41, 5.74) is 3.67. The van der Waals surface area contributed by atoms with Crippen LogP contribution in [0.2, 0.25) is 0 Å². The van der Waals surface area contributed by atoms with Gasteiger partial charge in [-0.3, -0.25) is 9.59 Å². The second-order valence-corrected chi connectivity index (χ2v) is 7.21. The molecule has 7 heteroatoms. The van der Waals surface area contributed by atoms with Gasteiger partial charge in [0.2, 0.25) is 5.91 Å². The third-order valence-electron chi connectivity index (χ3n) is 4.50. The van der Waals surface area contributed by atoms with E-state index < -0.39 is 17.8 Å². The van der Waals surface area contributed by atoms with E-state index in [-0.39, 0.29) is 12.2 Å². The third kappa shape index (κ3) is 4.14. The van der Waals surface area contributed by atoms with E-state index >= 15 is 0 Å². The summed E-state index contributed by atoms with van der Waals surface area (Å²) in [5, 5.41) is 5.25. The highest BCUT2D eigenvalue weighted by atomic mass is 16.2. The molecular weight excluding hydrogens is 356 g/mol. The van der Waals surface area contributed by atoms with Crippen LogP contribution < -0.4 is 10.6 Å². The van der Waals surface area contributed by atoms with Crippen molar-refractivity contribution in [3.05, 3.63) is 59.0 Å². The van der Waals surface area contributed by atoms with E-state index in [0.717, 1.165) is 21.7 Å². The molecule has 3 rings (SSSR count). The summed E-state index contributed by atoms with van der Waals surface area (Å²) in [6.07, 6.45) is 3.56. The fraction of sp³-hybridized carbons (Fsp3) is 0.286. The maximum Gasteiger partial charge on any atom is 0.329 e. The van der Waals surface area contributed by atoms with Gasteiger partial charge in [0.25, 0.3) is 5.91 Å². The van der Waals surface area contributed by atoms with E-state index in [1.165, 1.54) is 0 Å². The van der Waals surface area contributed by atoms with Crippen molar-refractivity contribution in [1.29, 1.82) is 0 Å². The zero-order valence-electron chi connectivity index (χ0n) is 16.4. The molecule has 1 aliphatic rings. The van der Waals surface area contributed by atoms with Gasteiger partial charge in [-0.15, -0.1) is 0 Å². The summed E-state index contributed by atoms with van der Waals surface area (Å²) < 4.78 is 2.08. The topological polar surface area (TPSA) is 83.4 Å². The number of aryl methyl sites for hydroxylation is 2. The Hall–Kier alpha value is -3.35. The van der Waals surface area contributed by atoms with Gasteiger partial charge in [-0.05, 0) is 63.1 Å². The minimum Gasteiger partial charge on any atom is -0.349 e. The lowest BCUT2D eigenvalue weighted by atomic mass is 10.2. The van der Waals surface area contributed by atoms with E-state index in [9.17, 15) is 14.4 Å². The van der Waals surface area contributed by atoms with Crippen LogP contribution in [-0.2, 0) is 9.59 Å². The van der Waals surface area contributed by atoms with Crippen LogP contribution in [0.25, 0.3) is 6.08 Å². The molecule has 0 saturated carbocycles. The monoisotopic (exact) mass is 380 g/mol. The standard InChI is InChI=1S/C21H24N4O3/c1-13(2)24-11-16(9-15(24)4)10-18-20(27)25(21(28)23-18)12-19(26)22-17-7-5-6-14(3)8-17/h5-11,13H,12H2,1-4H3,(H,22,26)(H,23,28)/b18-10+. The van der Waals surface area contributed by atoms with E-state index in [2.05, 4.69) is 29.0 Å². The molecule has 4 amide bonds. The third-order valence-corrected chi connectivity index (χ3v) is 4.50. The lowest BCUT2D eigenvalue weighted by Gasteiger charge is -2.12. The summed E-state index contributed by atoms with van der Waals surface area (Å²) in [4.78, 5) is 37.9. The molecule has 2 heterocycles. The number of anilines is 1. The Labute approximate surface area is 164 Å². The van der Waals surface area contributed by atoms with E-state index in [1.54, 1.807) is 12.1 Å². The number of hydrogen-bond donors (Lipinski definition) is 2. The summed E-state index contributed by atoms with van der Waals surface area (Å²) >= 11 is 0. The summed E-state index contributed by atoms with van der Waals surface area (Å²) in [5.74, 6) is -0.948. The SMILES string of the molecule is Cc1cccc(NC(=O)CN2C(=O)N/C(=C/c3cc(C)n(C(C)C)c3)C2=O)c1. The molecule has 1 fully saturated rings. The number of aromatic nitrogens is 1. The van der Waals surface area contributed by atoms with Crippen LogP contribution in [-0.4, -0.2) is 33.9 Å². The second-order valence-electron chi connectivity index (χ2n) is 7.21. The first-order valence-corrected chi connectivity index (χ1v) is 9.14. The number of imide groups is 1. The first-order chi connectivity index (χ1) is 13.2. The van der Waals surface area contributed by atoms with Crippen molar-refractivity contribution in [3.63, 3.8) is 0 Å². The zero-order chi connectivity index (χ0) is 20.4. The lowest BCUT2D eigenvalue weighted by molar-refractivity contribution is -0.127. The lowest BCUT2D eigenvalue weighted by Crippen LogP contribution is -2.38. The maximum absolute atomic E-state index is 12.6. The van der Waals surface area contributed by atoms with Gasteiger partial charge in [0.15, 0.2) is 0 Å². The van der Waals surface area contributed by atoms with Crippen LogP contribution in [0.4, 0.5) is 10.5 Å². The first kappa shape index (κ1) is 19.4. The molecule has 0 unspecified atom stereocenters. The average molecular weight is 380 g/mol. The highest BCUT2D eigenvalue weighted by Gasteiger charge is 2.35. The molecule has 0 spiro atoms. The predicted octanol–water partition coefficient (Wildman–Crippen LogP) is 3.22. The van der Waals surface area contributed by atoms with Crippen molar-refractivity contribution < 1.29 is 14.4 Å². The fourth-order valence-electron chi connectivity index (χ4n) is 3.20. The normalized spacial score (nSPS) is 15.5. The number of hydrogen-bond acceptors (Lipinski definition) is 3. The number of nitrogens with zero attached hydrogens (tertiary/aromatic N) is 2. The summed E-state index contributed by atoms with van der Waals surface area (Å²) in [7, 11) is 0. The van der Waals surface area contributed by atoms with Crippen LogP contribution in [0, 0.1) is 13.8 Å². The quantitative estimate of drug-likeness (QED) is 0.617. The highest BCUT2D eigenvalue weighted by Crippen LogP contribution is 2.19. The first-order valence-electron chi connectivity index (χ1n) is 9.14. The van der Waals surface area contributed by atoms with E-state index in [0.29, 0.717) is 11.7 Å². The average Bonchev–Trinajstić information content (AvgIpc) is 3.10. The smallest absolute Gasteiger partial charge is 0.329 e. The van der Waals surface area contributed by atoms with Gasteiger partial charge in [-0.2, -0.15) is 0 Å². The Kier molecular flexibility index (Phi) is 5.35. The van der Waals surface area contributed by atoms with Gasteiger partial charge < -0.3 is 15.2 Å². The number of carbonyl (C=O) groups excluding carboxylic acids is 3. The molecule has 1 aliphatic heterocycles. The van der Waals surface area contributed by atoms with Crippen LogP contribution in [0.1, 0.15) is 36.7 Å². The van der Waals surface area contributed by atoms with Crippen molar-refractivity contribution in [1.82, 2.24) is 14.8 Å². The molecule has 1 aromatic carbocycles. The Morgan fingerprint density at radius 3 is 2.61 bits per heavy atom.